The van der Waals surface area contributed by atoms with E-state index in [0.717, 1.165) is 16.6 Å². The summed E-state index contributed by atoms with van der Waals surface area (Å²) >= 11 is 0. The van der Waals surface area contributed by atoms with Crippen molar-refractivity contribution in [1.29, 1.82) is 0 Å². The molecule has 1 unspecified atom stereocenters. The molecule has 1 aliphatic rings. The molecule has 0 spiro atoms. The third-order valence-corrected chi connectivity index (χ3v) is 7.16. The van der Waals surface area contributed by atoms with Crippen molar-refractivity contribution in [3.05, 3.63) is 47.4 Å². The van der Waals surface area contributed by atoms with Crippen LogP contribution in [0.4, 0.5) is 0 Å². The Balaban J connectivity index is 1.94. The van der Waals surface area contributed by atoms with Gasteiger partial charge in [-0.05, 0) is 40.2 Å². The fourth-order valence-electron chi connectivity index (χ4n) is 4.01. The predicted octanol–water partition coefficient (Wildman–Crippen LogP) is 3.21. The first-order valence-electron chi connectivity index (χ1n) is 10.1. The molecular weight excluding hydrogens is 400 g/mol. The molecule has 1 aliphatic heterocycles. The average Bonchev–Trinajstić information content (AvgIpc) is 3.18. The monoisotopic (exact) mass is 426 g/mol. The molecule has 30 heavy (non-hydrogen) atoms. The van der Waals surface area contributed by atoms with E-state index in [-0.39, 0.29) is 35.2 Å². The van der Waals surface area contributed by atoms with Crippen LogP contribution in [0.3, 0.4) is 0 Å². The molecule has 1 saturated heterocycles. The summed E-state index contributed by atoms with van der Waals surface area (Å²) in [5, 5.41) is 2.90. The number of sulfone groups is 1. The highest BCUT2D eigenvalue weighted by molar-refractivity contribution is 7.91. The van der Waals surface area contributed by atoms with Crippen molar-refractivity contribution >= 4 is 26.8 Å². The van der Waals surface area contributed by atoms with Gasteiger partial charge in [-0.15, -0.1) is 0 Å². The lowest BCUT2D eigenvalue weighted by Gasteiger charge is -2.15. The molecule has 1 amide bonds. The molecule has 0 saturated carbocycles. The van der Waals surface area contributed by atoms with E-state index < -0.39 is 9.84 Å². The summed E-state index contributed by atoms with van der Waals surface area (Å²) < 4.78 is 26.1. The van der Waals surface area contributed by atoms with Gasteiger partial charge in [-0.2, -0.15) is 0 Å². The van der Waals surface area contributed by atoms with Crippen LogP contribution in [0.15, 0.2) is 30.3 Å². The number of rotatable bonds is 4. The van der Waals surface area contributed by atoms with Gasteiger partial charge in [0.15, 0.2) is 15.5 Å². The van der Waals surface area contributed by atoms with Gasteiger partial charge in [-0.3, -0.25) is 4.79 Å². The second-order valence-corrected chi connectivity index (χ2v) is 10.5. The van der Waals surface area contributed by atoms with Crippen molar-refractivity contribution in [3.8, 4) is 11.3 Å². The van der Waals surface area contributed by atoms with Crippen LogP contribution in [0, 0.1) is 13.8 Å². The number of benzene rings is 1. The molecule has 1 N–H and O–H groups in total. The zero-order valence-corrected chi connectivity index (χ0v) is 18.5. The number of hydrogen-bond acceptors (Lipinski definition) is 5. The second kappa shape index (κ2) is 7.50. The molecule has 0 aliphatic carbocycles. The molecule has 158 valence electrons. The third kappa shape index (κ3) is 3.84. The molecule has 3 aromatic rings. The summed E-state index contributed by atoms with van der Waals surface area (Å²) in [5.41, 5.74) is 4.21. The number of pyridine rings is 1. The van der Waals surface area contributed by atoms with Crippen LogP contribution in [-0.2, 0) is 9.84 Å². The second-order valence-electron chi connectivity index (χ2n) is 8.30. The lowest BCUT2D eigenvalue weighted by atomic mass is 10.1. The molecule has 3 heterocycles. The number of amides is 1. The predicted molar refractivity (Wildman–Crippen MR) is 117 cm³/mol. The highest BCUT2D eigenvalue weighted by Crippen LogP contribution is 2.32. The van der Waals surface area contributed by atoms with Crippen molar-refractivity contribution in [2.24, 2.45) is 0 Å². The highest BCUT2D eigenvalue weighted by Gasteiger charge is 2.32. The molecule has 0 radical (unpaired) electrons. The number of hydrogen-bond donors (Lipinski definition) is 1. The summed E-state index contributed by atoms with van der Waals surface area (Å²) in [7, 11) is -3.06. The van der Waals surface area contributed by atoms with Crippen LogP contribution in [0.5, 0.6) is 0 Å². The Labute approximate surface area is 176 Å². The Bertz CT molecular complexity index is 1230. The zero-order valence-electron chi connectivity index (χ0n) is 17.6. The fourth-order valence-corrected chi connectivity index (χ4v) is 5.71. The van der Waals surface area contributed by atoms with Crippen LogP contribution in [0.2, 0.25) is 0 Å². The van der Waals surface area contributed by atoms with Crippen LogP contribution >= 0.6 is 0 Å². The Hall–Kier alpha value is -2.74. The largest absolute Gasteiger partial charge is 0.348 e. The summed E-state index contributed by atoms with van der Waals surface area (Å²) in [6.45, 7) is 7.65. The smallest absolute Gasteiger partial charge is 0.272 e. The minimum atomic E-state index is -3.06. The molecule has 2 aromatic heterocycles. The van der Waals surface area contributed by atoms with E-state index in [1.807, 2.05) is 62.6 Å². The van der Waals surface area contributed by atoms with Gasteiger partial charge in [0.1, 0.15) is 11.3 Å². The summed E-state index contributed by atoms with van der Waals surface area (Å²) in [6, 6.07) is 9.64. The SMILES string of the molecule is Cc1ccc(-c2cc3c(nc(C)n3C3CCS(=O)(=O)C3)c(C(=O)NC(C)C)n2)cc1. The van der Waals surface area contributed by atoms with Crippen molar-refractivity contribution in [2.45, 2.75) is 46.2 Å². The van der Waals surface area contributed by atoms with Gasteiger partial charge in [0.25, 0.3) is 5.91 Å². The maximum absolute atomic E-state index is 12.9. The van der Waals surface area contributed by atoms with Gasteiger partial charge in [0.2, 0.25) is 0 Å². The van der Waals surface area contributed by atoms with Gasteiger partial charge in [-0.1, -0.05) is 29.8 Å². The number of aromatic nitrogens is 3. The molecule has 4 rings (SSSR count). The van der Waals surface area contributed by atoms with Crippen molar-refractivity contribution in [1.82, 2.24) is 19.9 Å². The molecule has 1 atom stereocenters. The number of imidazole rings is 1. The lowest BCUT2D eigenvalue weighted by Crippen LogP contribution is -2.31. The maximum Gasteiger partial charge on any atom is 0.272 e. The Morgan fingerprint density at radius 1 is 1.17 bits per heavy atom. The third-order valence-electron chi connectivity index (χ3n) is 5.41. The Morgan fingerprint density at radius 3 is 2.47 bits per heavy atom. The number of carbonyl (C=O) groups excluding carboxylic acids is 1. The summed E-state index contributed by atoms with van der Waals surface area (Å²) in [5.74, 6) is 0.670. The zero-order chi connectivity index (χ0) is 21.6. The first-order valence-corrected chi connectivity index (χ1v) is 11.9. The minimum absolute atomic E-state index is 0.0412. The number of fused-ring (bicyclic) bond motifs is 1. The number of nitrogens with one attached hydrogen (secondary N) is 1. The van der Waals surface area contributed by atoms with Crippen LogP contribution < -0.4 is 5.32 Å². The molecule has 8 heteroatoms. The Morgan fingerprint density at radius 2 is 1.87 bits per heavy atom. The van der Waals surface area contributed by atoms with Gasteiger partial charge in [-0.25, -0.2) is 18.4 Å². The highest BCUT2D eigenvalue weighted by atomic mass is 32.2. The summed E-state index contributed by atoms with van der Waals surface area (Å²) in [4.78, 5) is 22.2. The van der Waals surface area contributed by atoms with E-state index in [9.17, 15) is 13.2 Å². The fraction of sp³-hybridized carbons (Fsp3) is 0.409. The molecule has 0 bridgehead atoms. The van der Waals surface area contributed by atoms with Gasteiger partial charge < -0.3 is 9.88 Å². The van der Waals surface area contributed by atoms with Crippen molar-refractivity contribution < 1.29 is 13.2 Å². The summed E-state index contributed by atoms with van der Waals surface area (Å²) in [6.07, 6.45) is 0.546. The number of nitrogens with zero attached hydrogens (tertiary/aromatic N) is 3. The van der Waals surface area contributed by atoms with Crippen LogP contribution in [0.1, 0.15) is 48.2 Å². The quantitative estimate of drug-likeness (QED) is 0.691. The standard InChI is InChI=1S/C22H26N4O3S/c1-13(2)23-22(27)21-20-19(11-18(25-21)16-7-5-14(3)6-8-16)26(15(4)24-20)17-9-10-30(28,29)12-17/h5-8,11,13,17H,9-10,12H2,1-4H3,(H,23,27). The van der Waals surface area contributed by atoms with E-state index >= 15 is 0 Å². The van der Waals surface area contributed by atoms with E-state index in [2.05, 4.69) is 15.3 Å². The van der Waals surface area contributed by atoms with Crippen molar-refractivity contribution in [2.75, 3.05) is 11.5 Å². The van der Waals surface area contributed by atoms with Gasteiger partial charge in [0, 0.05) is 11.6 Å². The number of aryl methyl sites for hydroxylation is 2. The molecule has 1 fully saturated rings. The van der Waals surface area contributed by atoms with Crippen molar-refractivity contribution in [3.63, 3.8) is 0 Å². The van der Waals surface area contributed by atoms with E-state index in [1.165, 1.54) is 0 Å². The minimum Gasteiger partial charge on any atom is -0.348 e. The molecule has 7 nitrogen and oxygen atoms in total. The van der Waals surface area contributed by atoms with Gasteiger partial charge >= 0.3 is 0 Å². The lowest BCUT2D eigenvalue weighted by molar-refractivity contribution is 0.0940. The topological polar surface area (TPSA) is 94.0 Å². The van der Waals surface area contributed by atoms with Crippen LogP contribution in [0.25, 0.3) is 22.3 Å². The van der Waals surface area contributed by atoms with E-state index in [1.54, 1.807) is 0 Å². The first kappa shape index (κ1) is 20.5. The van der Waals surface area contributed by atoms with E-state index in [0.29, 0.717) is 23.5 Å². The normalized spacial score (nSPS) is 18.2. The number of carbonyl (C=O) groups is 1. The maximum atomic E-state index is 12.9. The van der Waals surface area contributed by atoms with Crippen LogP contribution in [-0.4, -0.2) is 46.4 Å². The van der Waals surface area contributed by atoms with Gasteiger partial charge in [0.05, 0.1) is 28.8 Å². The Kier molecular flexibility index (Phi) is 5.13. The van der Waals surface area contributed by atoms with E-state index in [4.69, 9.17) is 0 Å². The first-order chi connectivity index (χ1) is 14.1. The molecular formula is C22H26N4O3S. The average molecular weight is 427 g/mol. The molecule has 1 aromatic carbocycles.